The van der Waals surface area contributed by atoms with Crippen molar-refractivity contribution in [3.05, 3.63) is 57.2 Å². The predicted octanol–water partition coefficient (Wildman–Crippen LogP) is 4.61. The lowest BCUT2D eigenvalue weighted by Gasteiger charge is -2.34. The lowest BCUT2D eigenvalue weighted by molar-refractivity contribution is -0.135. The minimum atomic E-state index is -0.0230. The molecule has 0 saturated carbocycles. The monoisotopic (exact) mass is 405 g/mol. The second-order valence-electron chi connectivity index (χ2n) is 6.69. The van der Waals surface area contributed by atoms with Crippen LogP contribution in [0.2, 0.25) is 5.02 Å². The van der Waals surface area contributed by atoms with E-state index < -0.39 is 0 Å². The van der Waals surface area contributed by atoms with E-state index in [2.05, 4.69) is 11.4 Å². The van der Waals surface area contributed by atoms with Crippen LogP contribution in [-0.4, -0.2) is 42.4 Å². The molecular weight excluding hydrogens is 382 g/mol. The van der Waals surface area contributed by atoms with Gasteiger partial charge in [0.1, 0.15) is 0 Å². The van der Waals surface area contributed by atoms with Crippen molar-refractivity contribution in [2.24, 2.45) is 0 Å². The zero-order valence-corrected chi connectivity index (χ0v) is 16.8. The number of ether oxygens (including phenoxy) is 1. The topological polar surface area (TPSA) is 46.6 Å². The first-order valence-corrected chi connectivity index (χ1v) is 10.6. The second-order valence-corrected chi connectivity index (χ2v) is 8.16. The molecule has 2 heterocycles. The molecule has 0 bridgehead atoms. The van der Waals surface area contributed by atoms with Crippen molar-refractivity contribution in [1.82, 2.24) is 4.90 Å². The van der Waals surface area contributed by atoms with Gasteiger partial charge in [0.2, 0.25) is 5.91 Å². The fourth-order valence-corrected chi connectivity index (χ4v) is 4.16. The SMILES string of the molecule is O=C(CCC(=O)N(CCc1cccs1)C1CCOCC1)c1ccc(Cl)cc1. The van der Waals surface area contributed by atoms with Crippen molar-refractivity contribution >= 4 is 34.6 Å². The molecule has 3 rings (SSSR count). The number of hydrogen-bond donors (Lipinski definition) is 0. The van der Waals surface area contributed by atoms with Crippen molar-refractivity contribution in [2.75, 3.05) is 19.8 Å². The number of Topliss-reactive ketones (excluding diaryl/α,β-unsaturated/α-hetero) is 1. The van der Waals surface area contributed by atoms with Crippen LogP contribution in [0.3, 0.4) is 0 Å². The van der Waals surface area contributed by atoms with E-state index in [0.717, 1.165) is 19.3 Å². The van der Waals surface area contributed by atoms with Crippen molar-refractivity contribution in [2.45, 2.75) is 38.1 Å². The predicted molar refractivity (Wildman–Crippen MR) is 109 cm³/mol. The molecule has 1 aliphatic heterocycles. The van der Waals surface area contributed by atoms with Gasteiger partial charge in [-0.2, -0.15) is 0 Å². The van der Waals surface area contributed by atoms with Crippen LogP contribution in [0.15, 0.2) is 41.8 Å². The Kier molecular flexibility index (Phi) is 7.44. The van der Waals surface area contributed by atoms with Gasteiger partial charge < -0.3 is 9.64 Å². The van der Waals surface area contributed by atoms with Crippen LogP contribution in [0.25, 0.3) is 0 Å². The van der Waals surface area contributed by atoms with Crippen LogP contribution in [0.1, 0.15) is 40.9 Å². The molecule has 0 unspecified atom stereocenters. The summed E-state index contributed by atoms with van der Waals surface area (Å²) in [5.41, 5.74) is 0.600. The minimum Gasteiger partial charge on any atom is -0.381 e. The number of thiophene rings is 1. The maximum Gasteiger partial charge on any atom is 0.223 e. The molecule has 0 radical (unpaired) electrons. The highest BCUT2D eigenvalue weighted by Gasteiger charge is 2.26. The van der Waals surface area contributed by atoms with Crippen LogP contribution in [0.4, 0.5) is 0 Å². The van der Waals surface area contributed by atoms with Gasteiger partial charge in [0.05, 0.1) is 0 Å². The first kappa shape index (κ1) is 20.1. The molecule has 0 atom stereocenters. The van der Waals surface area contributed by atoms with Gasteiger partial charge in [-0.25, -0.2) is 0 Å². The number of amides is 1. The maximum atomic E-state index is 12.9. The first-order valence-electron chi connectivity index (χ1n) is 9.32. The van der Waals surface area contributed by atoms with E-state index in [1.165, 1.54) is 4.88 Å². The number of carbonyl (C=O) groups is 2. The van der Waals surface area contributed by atoms with E-state index in [1.54, 1.807) is 35.6 Å². The van der Waals surface area contributed by atoms with Gasteiger partial charge in [-0.05, 0) is 55.0 Å². The summed E-state index contributed by atoms with van der Waals surface area (Å²) in [5.74, 6) is 0.0333. The molecule has 0 spiro atoms. The lowest BCUT2D eigenvalue weighted by Crippen LogP contribution is -2.44. The second kappa shape index (κ2) is 10.0. The molecule has 1 amide bonds. The van der Waals surface area contributed by atoms with Crippen LogP contribution >= 0.6 is 22.9 Å². The smallest absolute Gasteiger partial charge is 0.223 e. The van der Waals surface area contributed by atoms with Gasteiger partial charge in [0, 0.05) is 54.1 Å². The van der Waals surface area contributed by atoms with E-state index >= 15 is 0 Å². The van der Waals surface area contributed by atoms with Gasteiger partial charge in [-0.1, -0.05) is 17.7 Å². The van der Waals surface area contributed by atoms with Gasteiger partial charge in [0.15, 0.2) is 5.78 Å². The third-order valence-electron chi connectivity index (χ3n) is 4.86. The molecule has 4 nitrogen and oxygen atoms in total. The highest BCUT2D eigenvalue weighted by molar-refractivity contribution is 7.09. The Morgan fingerprint density at radius 2 is 1.85 bits per heavy atom. The molecular formula is C21H24ClNO3S. The molecule has 144 valence electrons. The van der Waals surface area contributed by atoms with Gasteiger partial charge in [-0.3, -0.25) is 9.59 Å². The number of hydrogen-bond acceptors (Lipinski definition) is 4. The fraction of sp³-hybridized carbons (Fsp3) is 0.429. The Balaban J connectivity index is 1.59. The summed E-state index contributed by atoms with van der Waals surface area (Å²) in [7, 11) is 0. The highest BCUT2D eigenvalue weighted by Crippen LogP contribution is 2.19. The van der Waals surface area contributed by atoms with Gasteiger partial charge in [-0.15, -0.1) is 11.3 Å². The molecule has 1 saturated heterocycles. The Labute approximate surface area is 169 Å². The Hall–Kier alpha value is -1.69. The summed E-state index contributed by atoms with van der Waals surface area (Å²) in [6.45, 7) is 2.08. The molecule has 27 heavy (non-hydrogen) atoms. The first-order chi connectivity index (χ1) is 13.1. The summed E-state index contributed by atoms with van der Waals surface area (Å²) in [5, 5.41) is 2.66. The van der Waals surface area contributed by atoms with E-state index in [0.29, 0.717) is 30.3 Å². The summed E-state index contributed by atoms with van der Waals surface area (Å²) in [6.07, 6.45) is 3.04. The Morgan fingerprint density at radius 3 is 2.52 bits per heavy atom. The van der Waals surface area contributed by atoms with E-state index in [-0.39, 0.29) is 30.6 Å². The molecule has 1 fully saturated rings. The highest BCUT2D eigenvalue weighted by atomic mass is 35.5. The average molecular weight is 406 g/mol. The van der Waals surface area contributed by atoms with Crippen molar-refractivity contribution in [3.63, 3.8) is 0 Å². The van der Waals surface area contributed by atoms with E-state index in [1.807, 2.05) is 11.0 Å². The molecule has 2 aromatic rings. The van der Waals surface area contributed by atoms with Crippen LogP contribution in [0, 0.1) is 0 Å². The molecule has 6 heteroatoms. The third kappa shape index (κ3) is 5.89. The van der Waals surface area contributed by atoms with Gasteiger partial charge in [0.25, 0.3) is 0 Å². The molecule has 1 aromatic heterocycles. The zero-order valence-electron chi connectivity index (χ0n) is 15.2. The van der Waals surface area contributed by atoms with E-state index in [9.17, 15) is 9.59 Å². The van der Waals surface area contributed by atoms with Crippen molar-refractivity contribution < 1.29 is 14.3 Å². The van der Waals surface area contributed by atoms with Gasteiger partial charge >= 0.3 is 0 Å². The zero-order chi connectivity index (χ0) is 19.1. The van der Waals surface area contributed by atoms with Crippen molar-refractivity contribution in [3.8, 4) is 0 Å². The summed E-state index contributed by atoms with van der Waals surface area (Å²) in [6, 6.07) is 11.2. The average Bonchev–Trinajstić information content (AvgIpc) is 3.21. The standard InChI is InChI=1S/C21H24ClNO3S/c22-17-5-3-16(4-6-17)20(24)7-8-21(25)23(18-10-13-26-14-11-18)12-9-19-2-1-15-27-19/h1-6,15,18H,7-14H2. The van der Waals surface area contributed by atoms with Crippen LogP contribution < -0.4 is 0 Å². The normalized spacial score (nSPS) is 14.9. The van der Waals surface area contributed by atoms with Crippen molar-refractivity contribution in [1.29, 1.82) is 0 Å². The third-order valence-corrected chi connectivity index (χ3v) is 6.05. The summed E-state index contributed by atoms with van der Waals surface area (Å²) in [4.78, 5) is 28.5. The molecule has 1 aliphatic rings. The van der Waals surface area contributed by atoms with Crippen LogP contribution in [-0.2, 0) is 16.0 Å². The maximum absolute atomic E-state index is 12.9. The number of rotatable bonds is 8. The largest absolute Gasteiger partial charge is 0.381 e. The summed E-state index contributed by atoms with van der Waals surface area (Å²) >= 11 is 7.58. The minimum absolute atomic E-state index is 0.0230. The number of carbonyl (C=O) groups excluding carboxylic acids is 2. The molecule has 1 aromatic carbocycles. The molecule has 0 aliphatic carbocycles. The van der Waals surface area contributed by atoms with E-state index in [4.69, 9.17) is 16.3 Å². The summed E-state index contributed by atoms with van der Waals surface area (Å²) < 4.78 is 5.44. The Bertz CT molecular complexity index is 739. The quantitative estimate of drug-likeness (QED) is 0.602. The lowest BCUT2D eigenvalue weighted by atomic mass is 10.0. The number of nitrogens with zero attached hydrogens (tertiary/aromatic N) is 1. The number of ketones is 1. The fourth-order valence-electron chi connectivity index (χ4n) is 3.34. The molecule has 0 N–H and O–H groups in total. The van der Waals surface area contributed by atoms with Crippen LogP contribution in [0.5, 0.6) is 0 Å². The number of benzene rings is 1. The number of halogens is 1. The Morgan fingerprint density at radius 1 is 1.11 bits per heavy atom.